The molecule has 1 fully saturated rings. The van der Waals surface area contributed by atoms with Gasteiger partial charge in [0, 0.05) is 0 Å². The molecule has 0 unspecified atom stereocenters. The summed E-state index contributed by atoms with van der Waals surface area (Å²) >= 11 is 0. The molecule has 2 N–H and O–H groups in total. The van der Waals surface area contributed by atoms with E-state index in [4.69, 9.17) is 40.1 Å². The molecular weight excluding hydrogens is 353 g/mol. The molecule has 1 saturated heterocycles. The van der Waals surface area contributed by atoms with Crippen molar-refractivity contribution in [2.45, 2.75) is 5.51 Å². The molecule has 13 nitrogen and oxygen atoms in total. The van der Waals surface area contributed by atoms with Crippen molar-refractivity contribution >= 4 is 10.0 Å². The Balaban J connectivity index is -0.0000000636. The first-order chi connectivity index (χ1) is 9.21. The standard InChI is InChI=1S/C3H6O2.CH2F3NO2S.2Li.2NO3/c1-2-5-3-4-1;2-1(3,4)8(5,6)7;;;2*2-1(3)4/h1-3H2;(H2,5,6,7);;;;/q;;2*+1;2*-1. The molecule has 0 amide bonds. The van der Waals surface area contributed by atoms with Gasteiger partial charge in [0.05, 0.1) is 23.4 Å². The quantitative estimate of drug-likeness (QED) is 0.245. The monoisotopic (exact) mass is 361 g/mol. The number of nitrogens with two attached hydrogens (primary N) is 1. The maximum atomic E-state index is 10.8. The summed E-state index contributed by atoms with van der Waals surface area (Å²) in [6.07, 6.45) is 0. The van der Waals surface area contributed by atoms with E-state index < -0.39 is 25.7 Å². The van der Waals surface area contributed by atoms with Crippen LogP contribution in [-0.4, -0.2) is 44.1 Å². The fraction of sp³-hybridized carbons (Fsp3) is 1.00. The van der Waals surface area contributed by atoms with E-state index in [-0.39, 0.29) is 37.7 Å². The first-order valence-corrected chi connectivity index (χ1v) is 5.64. The SMILES string of the molecule is C1COCO1.NS(=O)(=O)C(F)(F)F.O=[N+]([O-])[O-].O=[N+]([O-])[O-].[Li+].[Li+]. The van der Waals surface area contributed by atoms with Gasteiger partial charge in [-0.1, -0.05) is 0 Å². The topological polar surface area (TPSA) is 211 Å². The number of halogens is 3. The van der Waals surface area contributed by atoms with E-state index >= 15 is 0 Å². The molecule has 1 rings (SSSR count). The molecule has 0 aromatic heterocycles. The second kappa shape index (κ2) is 17.6. The predicted octanol–water partition coefficient (Wildman–Crippen LogP) is -6.68. The summed E-state index contributed by atoms with van der Waals surface area (Å²) in [6.45, 7) is 2.06. The zero-order valence-corrected chi connectivity index (χ0v) is 12.5. The van der Waals surface area contributed by atoms with Gasteiger partial charge in [0.25, 0.3) is 0 Å². The van der Waals surface area contributed by atoms with Crippen LogP contribution in [0.2, 0.25) is 0 Å². The van der Waals surface area contributed by atoms with E-state index in [0.29, 0.717) is 6.79 Å². The molecule has 0 radical (unpaired) electrons. The largest absolute Gasteiger partial charge is 1.00 e. The van der Waals surface area contributed by atoms with Crippen LogP contribution in [0.3, 0.4) is 0 Å². The fourth-order valence-electron chi connectivity index (χ4n) is 0.295. The summed E-state index contributed by atoms with van der Waals surface area (Å²) in [6, 6.07) is 0. The number of sulfonamides is 1. The van der Waals surface area contributed by atoms with E-state index in [1.165, 1.54) is 0 Å². The molecular formula is C4H8F3Li2N3O10S. The molecule has 128 valence electrons. The zero-order chi connectivity index (χ0) is 17.7. The van der Waals surface area contributed by atoms with Crippen molar-refractivity contribution in [3.8, 4) is 0 Å². The smallest absolute Gasteiger partial charge is 0.356 e. The third-order valence-corrected chi connectivity index (χ3v) is 1.51. The third-order valence-electron chi connectivity index (χ3n) is 0.861. The first-order valence-electron chi connectivity index (χ1n) is 4.09. The van der Waals surface area contributed by atoms with Crippen molar-refractivity contribution in [3.63, 3.8) is 0 Å². The van der Waals surface area contributed by atoms with E-state index in [1.54, 1.807) is 0 Å². The summed E-state index contributed by atoms with van der Waals surface area (Å²) in [5.41, 5.74) is -5.31. The van der Waals surface area contributed by atoms with E-state index in [1.807, 2.05) is 0 Å². The Morgan fingerprint density at radius 1 is 0.913 bits per heavy atom. The van der Waals surface area contributed by atoms with Crippen molar-refractivity contribution in [1.82, 2.24) is 0 Å². The van der Waals surface area contributed by atoms with Crippen LogP contribution < -0.4 is 42.9 Å². The number of hydrogen-bond acceptors (Lipinski definition) is 10. The summed E-state index contributed by atoms with van der Waals surface area (Å²) < 4.78 is 60.6. The average molecular weight is 361 g/mol. The summed E-state index contributed by atoms with van der Waals surface area (Å²) in [5.74, 6) is 0. The van der Waals surface area contributed by atoms with Crippen LogP contribution in [0.25, 0.3) is 0 Å². The van der Waals surface area contributed by atoms with Gasteiger partial charge in [-0.3, -0.25) is 0 Å². The van der Waals surface area contributed by atoms with E-state index in [2.05, 4.69) is 5.14 Å². The van der Waals surface area contributed by atoms with Gasteiger partial charge in [-0.2, -0.15) is 13.2 Å². The summed E-state index contributed by atoms with van der Waals surface area (Å²) in [7, 11) is -5.34. The number of ether oxygens (including phenoxy) is 2. The molecule has 0 aromatic rings. The minimum atomic E-state index is -5.34. The molecule has 1 aliphatic heterocycles. The second-order valence-corrected chi connectivity index (χ2v) is 3.93. The fourth-order valence-corrected chi connectivity index (χ4v) is 0.295. The molecule has 1 heterocycles. The maximum absolute atomic E-state index is 10.8. The Hall–Kier alpha value is -0.785. The minimum Gasteiger partial charge on any atom is -0.356 e. The number of alkyl halides is 3. The van der Waals surface area contributed by atoms with Crippen molar-refractivity contribution in [2.75, 3.05) is 20.0 Å². The van der Waals surface area contributed by atoms with Crippen molar-refractivity contribution in [3.05, 3.63) is 30.6 Å². The van der Waals surface area contributed by atoms with Crippen LogP contribution in [0.4, 0.5) is 13.2 Å². The van der Waals surface area contributed by atoms with Gasteiger partial charge in [0.2, 0.25) is 0 Å². The Labute approximate surface area is 150 Å². The van der Waals surface area contributed by atoms with Gasteiger partial charge in [0.1, 0.15) is 6.79 Å². The van der Waals surface area contributed by atoms with E-state index in [9.17, 15) is 21.6 Å². The number of rotatable bonds is 0. The molecule has 23 heavy (non-hydrogen) atoms. The summed E-state index contributed by atoms with van der Waals surface area (Å²) in [4.78, 5) is 16.5. The van der Waals surface area contributed by atoms with Gasteiger partial charge < -0.3 is 40.1 Å². The van der Waals surface area contributed by atoms with Crippen LogP contribution in [-0.2, 0) is 19.5 Å². The molecule has 0 spiro atoms. The predicted molar refractivity (Wildman–Crippen MR) is 56.7 cm³/mol. The minimum absolute atomic E-state index is 0. The molecule has 0 saturated carbocycles. The molecule has 0 atom stereocenters. The third kappa shape index (κ3) is 44.9. The van der Waals surface area contributed by atoms with Crippen molar-refractivity contribution in [2.24, 2.45) is 5.14 Å². The van der Waals surface area contributed by atoms with Gasteiger partial charge >= 0.3 is 53.3 Å². The molecule has 19 heteroatoms. The Bertz CT molecular complexity index is 375. The van der Waals surface area contributed by atoms with Crippen LogP contribution >= 0.6 is 0 Å². The Kier molecular flexibility index (Phi) is 25.8. The Morgan fingerprint density at radius 2 is 1.09 bits per heavy atom. The normalized spacial score (nSPS) is 12.2. The van der Waals surface area contributed by atoms with Crippen LogP contribution in [0.1, 0.15) is 0 Å². The molecule has 1 aliphatic rings. The van der Waals surface area contributed by atoms with Gasteiger partial charge in [0.15, 0.2) is 0 Å². The maximum Gasteiger partial charge on any atom is 1.00 e. The van der Waals surface area contributed by atoms with Gasteiger partial charge in [-0.05, 0) is 0 Å². The molecule has 0 aliphatic carbocycles. The van der Waals surface area contributed by atoms with Crippen LogP contribution in [0.15, 0.2) is 0 Å². The average Bonchev–Trinajstić information content (AvgIpc) is 2.68. The molecule has 0 bridgehead atoms. The second-order valence-electron chi connectivity index (χ2n) is 2.37. The molecule has 0 aromatic carbocycles. The van der Waals surface area contributed by atoms with E-state index in [0.717, 1.165) is 13.2 Å². The first kappa shape index (κ1) is 33.7. The summed E-state index contributed by atoms with van der Waals surface area (Å²) in [5, 5.41) is 33.2. The number of primary sulfonamides is 1. The zero-order valence-electron chi connectivity index (χ0n) is 11.7. The Morgan fingerprint density at radius 3 is 1.13 bits per heavy atom. The van der Waals surface area contributed by atoms with Crippen LogP contribution in [0.5, 0.6) is 0 Å². The van der Waals surface area contributed by atoms with Gasteiger partial charge in [-0.15, -0.1) is 0 Å². The van der Waals surface area contributed by atoms with Gasteiger partial charge in [-0.25, -0.2) is 13.6 Å². The van der Waals surface area contributed by atoms with Crippen molar-refractivity contribution in [1.29, 1.82) is 0 Å². The van der Waals surface area contributed by atoms with Crippen LogP contribution in [0, 0.1) is 30.6 Å². The van der Waals surface area contributed by atoms with Crippen molar-refractivity contribution < 1.29 is 79.0 Å². The number of hydrogen-bond donors (Lipinski definition) is 1. The number of nitrogens with zero attached hydrogens (tertiary/aromatic N) is 2.